The van der Waals surface area contributed by atoms with Gasteiger partial charge in [-0.25, -0.2) is 0 Å². The molecule has 0 bridgehead atoms. The summed E-state index contributed by atoms with van der Waals surface area (Å²) in [5, 5.41) is 6.78. The van der Waals surface area contributed by atoms with Crippen molar-refractivity contribution in [3.8, 4) is 5.75 Å². The standard InChI is InChI=1S/C15H26N2O2/c1-18-12-11-17-9-4-8-16-10-7-14-5-3-6-15(13-14)19-2/h3,5-6,13,16-17H,4,7-12H2,1-2H3. The monoisotopic (exact) mass is 266 g/mol. The van der Waals surface area contributed by atoms with Crippen LogP contribution < -0.4 is 15.4 Å². The van der Waals surface area contributed by atoms with Crippen LogP contribution in [0.4, 0.5) is 0 Å². The first-order chi connectivity index (χ1) is 9.36. The molecule has 0 saturated carbocycles. The number of methoxy groups -OCH3 is 2. The largest absolute Gasteiger partial charge is 0.497 e. The average molecular weight is 266 g/mol. The van der Waals surface area contributed by atoms with Crippen LogP contribution >= 0.6 is 0 Å². The van der Waals surface area contributed by atoms with E-state index in [9.17, 15) is 0 Å². The molecular weight excluding hydrogens is 240 g/mol. The van der Waals surface area contributed by atoms with Crippen molar-refractivity contribution in [2.24, 2.45) is 0 Å². The number of rotatable bonds is 11. The number of hydrogen-bond donors (Lipinski definition) is 2. The molecule has 0 unspecified atom stereocenters. The fourth-order valence-corrected chi connectivity index (χ4v) is 1.82. The molecule has 108 valence electrons. The Bertz CT molecular complexity index is 332. The Kier molecular flexibility index (Phi) is 9.06. The summed E-state index contributed by atoms with van der Waals surface area (Å²) in [6, 6.07) is 8.24. The minimum absolute atomic E-state index is 0.781. The van der Waals surface area contributed by atoms with E-state index in [0.717, 1.165) is 51.4 Å². The van der Waals surface area contributed by atoms with Gasteiger partial charge in [-0.05, 0) is 50.2 Å². The van der Waals surface area contributed by atoms with Gasteiger partial charge >= 0.3 is 0 Å². The highest BCUT2D eigenvalue weighted by atomic mass is 16.5. The van der Waals surface area contributed by atoms with Gasteiger partial charge in [0.1, 0.15) is 5.75 Å². The second kappa shape index (κ2) is 10.8. The van der Waals surface area contributed by atoms with Crippen LogP contribution in [0.25, 0.3) is 0 Å². The van der Waals surface area contributed by atoms with Crippen LogP contribution in [-0.2, 0) is 11.2 Å². The highest BCUT2D eigenvalue weighted by Crippen LogP contribution is 2.12. The molecule has 1 aromatic rings. The second-order valence-corrected chi connectivity index (χ2v) is 4.45. The van der Waals surface area contributed by atoms with Gasteiger partial charge in [0.2, 0.25) is 0 Å². The molecule has 0 aliphatic rings. The Morgan fingerprint density at radius 1 is 1.00 bits per heavy atom. The van der Waals surface area contributed by atoms with Crippen molar-refractivity contribution >= 4 is 0 Å². The zero-order valence-electron chi connectivity index (χ0n) is 12.1. The summed E-state index contributed by atoms with van der Waals surface area (Å²) in [4.78, 5) is 0. The fraction of sp³-hybridized carbons (Fsp3) is 0.600. The lowest BCUT2D eigenvalue weighted by atomic mass is 10.1. The van der Waals surface area contributed by atoms with Crippen LogP contribution in [0.15, 0.2) is 24.3 Å². The molecule has 0 radical (unpaired) electrons. The minimum atomic E-state index is 0.781. The maximum atomic E-state index is 5.21. The Hall–Kier alpha value is -1.10. The van der Waals surface area contributed by atoms with Crippen molar-refractivity contribution in [2.45, 2.75) is 12.8 Å². The van der Waals surface area contributed by atoms with E-state index in [1.54, 1.807) is 14.2 Å². The molecule has 19 heavy (non-hydrogen) atoms. The Balaban J connectivity index is 1.98. The number of ether oxygens (including phenoxy) is 2. The predicted molar refractivity (Wildman–Crippen MR) is 78.9 cm³/mol. The lowest BCUT2D eigenvalue weighted by Gasteiger charge is -2.07. The van der Waals surface area contributed by atoms with E-state index in [-0.39, 0.29) is 0 Å². The van der Waals surface area contributed by atoms with Gasteiger partial charge in [0.25, 0.3) is 0 Å². The van der Waals surface area contributed by atoms with Crippen molar-refractivity contribution in [2.75, 3.05) is 47.0 Å². The molecule has 0 atom stereocenters. The third-order valence-electron chi connectivity index (χ3n) is 2.91. The van der Waals surface area contributed by atoms with E-state index < -0.39 is 0 Å². The molecule has 4 heteroatoms. The van der Waals surface area contributed by atoms with Crippen LogP contribution in [0.3, 0.4) is 0 Å². The first-order valence-electron chi connectivity index (χ1n) is 6.90. The first-order valence-corrected chi connectivity index (χ1v) is 6.90. The van der Waals surface area contributed by atoms with Crippen LogP contribution in [0.2, 0.25) is 0 Å². The fourth-order valence-electron chi connectivity index (χ4n) is 1.82. The van der Waals surface area contributed by atoms with Crippen molar-refractivity contribution in [3.63, 3.8) is 0 Å². The molecular formula is C15H26N2O2. The smallest absolute Gasteiger partial charge is 0.119 e. The number of benzene rings is 1. The summed E-state index contributed by atoms with van der Waals surface area (Å²) < 4.78 is 10.2. The average Bonchev–Trinajstić information content (AvgIpc) is 2.46. The molecule has 4 nitrogen and oxygen atoms in total. The molecule has 1 aromatic carbocycles. The number of hydrogen-bond acceptors (Lipinski definition) is 4. The third kappa shape index (κ3) is 7.82. The molecule has 0 aliphatic carbocycles. The van der Waals surface area contributed by atoms with Gasteiger partial charge in [-0.1, -0.05) is 12.1 Å². The van der Waals surface area contributed by atoms with Gasteiger partial charge in [-0.3, -0.25) is 0 Å². The molecule has 0 spiro atoms. The Labute approximate surface area is 116 Å². The van der Waals surface area contributed by atoms with Gasteiger partial charge in [-0.2, -0.15) is 0 Å². The normalized spacial score (nSPS) is 10.6. The zero-order valence-corrected chi connectivity index (χ0v) is 12.1. The summed E-state index contributed by atoms with van der Waals surface area (Å²) in [5.41, 5.74) is 1.31. The quantitative estimate of drug-likeness (QED) is 0.595. The molecule has 0 aliphatic heterocycles. The van der Waals surface area contributed by atoms with Gasteiger partial charge in [0, 0.05) is 13.7 Å². The van der Waals surface area contributed by atoms with Crippen LogP contribution in [0.5, 0.6) is 5.75 Å². The summed E-state index contributed by atoms with van der Waals surface area (Å²) in [6.07, 6.45) is 2.18. The molecule has 2 N–H and O–H groups in total. The van der Waals surface area contributed by atoms with E-state index >= 15 is 0 Å². The SMILES string of the molecule is COCCNCCCNCCc1cccc(OC)c1. The van der Waals surface area contributed by atoms with Crippen molar-refractivity contribution in [1.29, 1.82) is 0 Å². The van der Waals surface area contributed by atoms with E-state index in [2.05, 4.69) is 22.8 Å². The van der Waals surface area contributed by atoms with E-state index in [1.165, 1.54) is 5.56 Å². The minimum Gasteiger partial charge on any atom is -0.497 e. The van der Waals surface area contributed by atoms with Crippen LogP contribution in [-0.4, -0.2) is 47.0 Å². The van der Waals surface area contributed by atoms with Crippen LogP contribution in [0, 0.1) is 0 Å². The Morgan fingerprint density at radius 3 is 2.53 bits per heavy atom. The summed E-state index contributed by atoms with van der Waals surface area (Å²) >= 11 is 0. The highest BCUT2D eigenvalue weighted by molar-refractivity contribution is 5.28. The topological polar surface area (TPSA) is 42.5 Å². The molecule has 0 fully saturated rings. The van der Waals surface area contributed by atoms with Gasteiger partial charge in [0.05, 0.1) is 13.7 Å². The van der Waals surface area contributed by atoms with E-state index in [0.29, 0.717) is 0 Å². The van der Waals surface area contributed by atoms with E-state index in [4.69, 9.17) is 9.47 Å². The second-order valence-electron chi connectivity index (χ2n) is 4.45. The van der Waals surface area contributed by atoms with E-state index in [1.807, 2.05) is 12.1 Å². The van der Waals surface area contributed by atoms with Crippen molar-refractivity contribution in [3.05, 3.63) is 29.8 Å². The molecule has 0 heterocycles. The summed E-state index contributed by atoms with van der Waals surface area (Å²) in [7, 11) is 3.43. The lowest BCUT2D eigenvalue weighted by Crippen LogP contribution is -2.25. The van der Waals surface area contributed by atoms with Crippen LogP contribution in [0.1, 0.15) is 12.0 Å². The summed E-state index contributed by atoms with van der Waals surface area (Å²) in [5.74, 6) is 0.930. The highest BCUT2D eigenvalue weighted by Gasteiger charge is 1.95. The van der Waals surface area contributed by atoms with Gasteiger partial charge in [-0.15, -0.1) is 0 Å². The predicted octanol–water partition coefficient (Wildman–Crippen LogP) is 1.45. The maximum absolute atomic E-state index is 5.21. The van der Waals surface area contributed by atoms with Crippen molar-refractivity contribution in [1.82, 2.24) is 10.6 Å². The first kappa shape index (κ1) is 16.0. The molecule has 0 aromatic heterocycles. The lowest BCUT2D eigenvalue weighted by molar-refractivity contribution is 0.199. The number of nitrogens with one attached hydrogen (secondary N) is 2. The molecule has 0 saturated heterocycles. The molecule has 0 amide bonds. The summed E-state index contributed by atoms with van der Waals surface area (Å²) in [6.45, 7) is 4.80. The maximum Gasteiger partial charge on any atom is 0.119 e. The third-order valence-corrected chi connectivity index (χ3v) is 2.91. The van der Waals surface area contributed by atoms with Gasteiger partial charge < -0.3 is 20.1 Å². The zero-order chi connectivity index (χ0) is 13.8. The van der Waals surface area contributed by atoms with Crippen molar-refractivity contribution < 1.29 is 9.47 Å². The Morgan fingerprint density at radius 2 is 1.79 bits per heavy atom. The van der Waals surface area contributed by atoms with Gasteiger partial charge in [0.15, 0.2) is 0 Å². The molecule has 1 rings (SSSR count).